The highest BCUT2D eigenvalue weighted by Crippen LogP contribution is 2.18. The van der Waals surface area contributed by atoms with Crippen LogP contribution >= 0.6 is 0 Å². The van der Waals surface area contributed by atoms with Crippen molar-refractivity contribution in [2.75, 3.05) is 13.1 Å². The summed E-state index contributed by atoms with van der Waals surface area (Å²) in [5, 5.41) is 3.21. The van der Waals surface area contributed by atoms with Gasteiger partial charge in [0, 0.05) is 12.6 Å². The first kappa shape index (κ1) is 14.5. The van der Waals surface area contributed by atoms with Gasteiger partial charge >= 0.3 is 0 Å². The molecule has 19 heavy (non-hydrogen) atoms. The van der Waals surface area contributed by atoms with E-state index in [0.717, 1.165) is 24.9 Å². The first-order valence-electron chi connectivity index (χ1n) is 6.82. The van der Waals surface area contributed by atoms with Gasteiger partial charge in [0.05, 0.1) is 4.90 Å². The van der Waals surface area contributed by atoms with E-state index < -0.39 is 10.0 Å². The summed E-state index contributed by atoms with van der Waals surface area (Å²) < 4.78 is 27.3. The molecule has 1 saturated heterocycles. The van der Waals surface area contributed by atoms with Gasteiger partial charge in [-0.05, 0) is 43.0 Å². The van der Waals surface area contributed by atoms with Gasteiger partial charge in [-0.2, -0.15) is 0 Å². The van der Waals surface area contributed by atoms with E-state index in [-0.39, 0.29) is 6.04 Å². The number of hydrogen-bond donors (Lipinski definition) is 2. The molecule has 5 heteroatoms. The van der Waals surface area contributed by atoms with Crippen molar-refractivity contribution in [3.8, 4) is 0 Å². The van der Waals surface area contributed by atoms with Crippen LogP contribution in [-0.4, -0.2) is 27.5 Å². The maximum absolute atomic E-state index is 12.2. The highest BCUT2D eigenvalue weighted by Gasteiger charge is 2.21. The molecule has 1 aliphatic rings. The predicted octanol–water partition coefficient (Wildman–Crippen LogP) is 1.84. The lowest BCUT2D eigenvalue weighted by molar-refractivity contribution is 0.428. The summed E-state index contributed by atoms with van der Waals surface area (Å²) in [4.78, 5) is 0.350. The quantitative estimate of drug-likeness (QED) is 0.886. The minimum absolute atomic E-state index is 0.00326. The topological polar surface area (TPSA) is 58.2 Å². The Kier molecular flexibility index (Phi) is 4.60. The number of hydrogen-bond acceptors (Lipinski definition) is 3. The van der Waals surface area contributed by atoms with E-state index in [1.54, 1.807) is 12.1 Å². The second kappa shape index (κ2) is 6.03. The number of rotatable bonds is 4. The highest BCUT2D eigenvalue weighted by molar-refractivity contribution is 7.89. The summed E-state index contributed by atoms with van der Waals surface area (Å²) in [7, 11) is -3.39. The molecule has 0 saturated carbocycles. The number of piperidine rings is 1. The Morgan fingerprint density at radius 3 is 2.47 bits per heavy atom. The summed E-state index contributed by atoms with van der Waals surface area (Å²) in [5.41, 5.74) is 1.15. The van der Waals surface area contributed by atoms with Crippen LogP contribution in [0.25, 0.3) is 0 Å². The van der Waals surface area contributed by atoms with Crippen molar-refractivity contribution in [3.05, 3.63) is 29.8 Å². The van der Waals surface area contributed by atoms with Gasteiger partial charge in [0.25, 0.3) is 0 Å². The van der Waals surface area contributed by atoms with Gasteiger partial charge in [-0.1, -0.05) is 26.0 Å². The Morgan fingerprint density at radius 1 is 1.26 bits per heavy atom. The minimum Gasteiger partial charge on any atom is -0.315 e. The lowest BCUT2D eigenvalue weighted by atomic mass is 10.0. The van der Waals surface area contributed by atoms with E-state index in [0.29, 0.717) is 17.4 Å². The lowest BCUT2D eigenvalue weighted by Gasteiger charge is -2.23. The summed E-state index contributed by atoms with van der Waals surface area (Å²) in [6.07, 6.45) is 1.91. The molecule has 0 bridgehead atoms. The zero-order valence-corrected chi connectivity index (χ0v) is 12.3. The molecular formula is C14H22N2O2S. The van der Waals surface area contributed by atoms with Crippen LogP contribution in [0.4, 0.5) is 0 Å². The Balaban J connectivity index is 2.10. The van der Waals surface area contributed by atoms with Crippen molar-refractivity contribution in [2.45, 2.75) is 43.5 Å². The van der Waals surface area contributed by atoms with Crippen LogP contribution in [0.2, 0.25) is 0 Å². The van der Waals surface area contributed by atoms with Crippen LogP contribution in [0.3, 0.4) is 0 Å². The van der Waals surface area contributed by atoms with E-state index in [9.17, 15) is 8.42 Å². The molecule has 0 spiro atoms. The maximum atomic E-state index is 12.2. The van der Waals surface area contributed by atoms with Crippen molar-refractivity contribution in [1.29, 1.82) is 0 Å². The van der Waals surface area contributed by atoms with E-state index in [2.05, 4.69) is 23.9 Å². The third-order valence-corrected chi connectivity index (χ3v) is 5.01. The Labute approximate surface area is 115 Å². The minimum atomic E-state index is -3.39. The molecule has 106 valence electrons. The fourth-order valence-corrected chi connectivity index (χ4v) is 3.54. The average Bonchev–Trinajstić information content (AvgIpc) is 2.39. The third-order valence-electron chi connectivity index (χ3n) is 3.48. The fraction of sp³-hybridized carbons (Fsp3) is 0.571. The normalized spacial score (nSPS) is 20.7. The predicted molar refractivity (Wildman–Crippen MR) is 76.7 cm³/mol. The average molecular weight is 282 g/mol. The number of sulfonamides is 1. The molecule has 0 aliphatic carbocycles. The molecule has 0 aromatic heterocycles. The van der Waals surface area contributed by atoms with Gasteiger partial charge < -0.3 is 5.32 Å². The second-order valence-corrected chi connectivity index (χ2v) is 7.10. The SMILES string of the molecule is CC(C)c1ccc(S(=O)(=O)N[C@H]2CCCNC2)cc1. The van der Waals surface area contributed by atoms with Gasteiger partial charge in [-0.25, -0.2) is 13.1 Å². The zero-order chi connectivity index (χ0) is 13.9. The Hall–Kier alpha value is -0.910. The summed E-state index contributed by atoms with van der Waals surface area (Å²) >= 11 is 0. The molecule has 0 unspecified atom stereocenters. The molecule has 1 fully saturated rings. The molecule has 1 aliphatic heterocycles. The Morgan fingerprint density at radius 2 is 1.95 bits per heavy atom. The van der Waals surface area contributed by atoms with Crippen LogP contribution in [0.1, 0.15) is 38.2 Å². The van der Waals surface area contributed by atoms with Gasteiger partial charge in [0.15, 0.2) is 0 Å². The Bertz CT molecular complexity index is 503. The lowest BCUT2D eigenvalue weighted by Crippen LogP contribution is -2.45. The van der Waals surface area contributed by atoms with Crippen LogP contribution in [-0.2, 0) is 10.0 Å². The van der Waals surface area contributed by atoms with Crippen LogP contribution < -0.4 is 10.0 Å². The maximum Gasteiger partial charge on any atom is 0.240 e. The van der Waals surface area contributed by atoms with Crippen LogP contribution in [0, 0.1) is 0 Å². The summed E-state index contributed by atoms with van der Waals surface area (Å²) in [5.74, 6) is 0.409. The largest absolute Gasteiger partial charge is 0.315 e. The van der Waals surface area contributed by atoms with Crippen LogP contribution in [0.5, 0.6) is 0 Å². The summed E-state index contributed by atoms with van der Waals surface area (Å²) in [6, 6.07) is 7.15. The molecule has 1 atom stereocenters. The van der Waals surface area contributed by atoms with Crippen molar-refractivity contribution in [1.82, 2.24) is 10.0 Å². The van der Waals surface area contributed by atoms with Gasteiger partial charge in [-0.15, -0.1) is 0 Å². The first-order valence-corrected chi connectivity index (χ1v) is 8.30. The monoisotopic (exact) mass is 282 g/mol. The number of benzene rings is 1. The molecule has 1 aromatic rings. The van der Waals surface area contributed by atoms with Gasteiger partial charge in [0.2, 0.25) is 10.0 Å². The van der Waals surface area contributed by atoms with Crippen molar-refractivity contribution >= 4 is 10.0 Å². The van der Waals surface area contributed by atoms with Gasteiger partial charge in [-0.3, -0.25) is 0 Å². The van der Waals surface area contributed by atoms with E-state index in [1.807, 2.05) is 12.1 Å². The summed E-state index contributed by atoms with van der Waals surface area (Å²) in [6.45, 7) is 5.87. The molecule has 2 N–H and O–H groups in total. The van der Waals surface area contributed by atoms with Crippen LogP contribution in [0.15, 0.2) is 29.2 Å². The molecule has 1 aromatic carbocycles. The zero-order valence-electron chi connectivity index (χ0n) is 11.5. The second-order valence-electron chi connectivity index (χ2n) is 5.39. The molecule has 2 rings (SSSR count). The van der Waals surface area contributed by atoms with Crippen molar-refractivity contribution in [3.63, 3.8) is 0 Å². The standard InChI is InChI=1S/C14H22N2O2S/c1-11(2)12-5-7-14(8-6-12)19(17,18)16-13-4-3-9-15-10-13/h5-8,11,13,15-16H,3-4,9-10H2,1-2H3/t13-/m0/s1. The molecule has 4 nitrogen and oxygen atoms in total. The molecule has 0 radical (unpaired) electrons. The van der Waals surface area contributed by atoms with E-state index in [4.69, 9.17) is 0 Å². The van der Waals surface area contributed by atoms with E-state index >= 15 is 0 Å². The van der Waals surface area contributed by atoms with Crippen molar-refractivity contribution < 1.29 is 8.42 Å². The molecule has 1 heterocycles. The molecular weight excluding hydrogens is 260 g/mol. The highest BCUT2D eigenvalue weighted by atomic mass is 32.2. The van der Waals surface area contributed by atoms with E-state index in [1.165, 1.54) is 0 Å². The smallest absolute Gasteiger partial charge is 0.240 e. The van der Waals surface area contributed by atoms with Crippen molar-refractivity contribution in [2.24, 2.45) is 0 Å². The fourth-order valence-electron chi connectivity index (χ4n) is 2.27. The molecule has 0 amide bonds. The third kappa shape index (κ3) is 3.78. The first-order chi connectivity index (χ1) is 8.99. The number of nitrogens with one attached hydrogen (secondary N) is 2. The van der Waals surface area contributed by atoms with Gasteiger partial charge in [0.1, 0.15) is 0 Å².